The number of sulfonamides is 2. The first-order chi connectivity index (χ1) is 37.7. The molecule has 14 nitrogen and oxygen atoms in total. The lowest BCUT2D eigenvalue weighted by molar-refractivity contribution is 0.0171. The van der Waals surface area contributed by atoms with Gasteiger partial charge in [0.25, 0.3) is 0 Å². The Kier molecular flexibility index (Phi) is 17.3. The SMILES string of the molecule is CN(CCCCNC(=O)NCCCCN(C)S(=O)(=O)c1ccc(Cl)c(COC2(c3cnccc3-c3ccccc3OC3CC3)CC2)c1)S(=O)(=O)c1ccc(Cl)c(COC2(c3cnccc3-c3ccccc3CC3CC3)CC2)c1. The summed E-state index contributed by atoms with van der Waals surface area (Å²) in [6.07, 6.45) is 18.7. The van der Waals surface area contributed by atoms with Crippen LogP contribution in [0.3, 0.4) is 0 Å². The molecule has 4 saturated carbocycles. The van der Waals surface area contributed by atoms with E-state index in [4.69, 9.17) is 37.4 Å². The smallest absolute Gasteiger partial charge is 0.314 e. The maximum atomic E-state index is 13.8. The van der Waals surface area contributed by atoms with Gasteiger partial charge < -0.3 is 24.8 Å². The summed E-state index contributed by atoms with van der Waals surface area (Å²) in [6.45, 7) is 1.43. The van der Waals surface area contributed by atoms with Gasteiger partial charge in [0.15, 0.2) is 0 Å². The van der Waals surface area contributed by atoms with Crippen LogP contribution >= 0.6 is 23.2 Å². The molecule has 0 aliphatic heterocycles. The van der Waals surface area contributed by atoms with E-state index in [0.29, 0.717) is 59.9 Å². The Balaban J connectivity index is 0.638. The largest absolute Gasteiger partial charge is 0.490 e. The molecule has 412 valence electrons. The van der Waals surface area contributed by atoms with Crippen molar-refractivity contribution in [2.75, 3.05) is 40.3 Å². The van der Waals surface area contributed by atoms with Gasteiger partial charge in [0.1, 0.15) is 5.75 Å². The van der Waals surface area contributed by atoms with Crippen LogP contribution in [0.25, 0.3) is 22.3 Å². The van der Waals surface area contributed by atoms with Gasteiger partial charge in [-0.3, -0.25) is 9.97 Å². The molecule has 0 spiro atoms. The second-order valence-electron chi connectivity index (χ2n) is 21.3. The molecule has 0 unspecified atom stereocenters. The summed E-state index contributed by atoms with van der Waals surface area (Å²) >= 11 is 13.3. The molecule has 0 bridgehead atoms. The van der Waals surface area contributed by atoms with Crippen LogP contribution in [0.2, 0.25) is 10.0 Å². The summed E-state index contributed by atoms with van der Waals surface area (Å²) in [5.74, 6) is 1.58. The molecular formula is C60H68Cl2N6O8S2. The second kappa shape index (κ2) is 24.1. The van der Waals surface area contributed by atoms with Crippen molar-refractivity contribution in [1.29, 1.82) is 0 Å². The lowest BCUT2D eigenvalue weighted by Crippen LogP contribution is -2.37. The fourth-order valence-corrected chi connectivity index (χ4v) is 12.9. The molecule has 18 heteroatoms. The first-order valence-electron chi connectivity index (χ1n) is 27.2. The molecule has 10 rings (SSSR count). The van der Waals surface area contributed by atoms with Crippen molar-refractivity contribution in [2.45, 2.75) is 124 Å². The fourth-order valence-electron chi connectivity index (χ4n) is 10.0. The number of benzene rings is 4. The van der Waals surface area contributed by atoms with Crippen LogP contribution in [0.5, 0.6) is 5.75 Å². The molecule has 0 atom stereocenters. The second-order valence-corrected chi connectivity index (χ2v) is 26.2. The minimum Gasteiger partial charge on any atom is -0.490 e. The van der Waals surface area contributed by atoms with Gasteiger partial charge in [0.05, 0.1) is 40.3 Å². The van der Waals surface area contributed by atoms with E-state index in [1.54, 1.807) is 44.6 Å². The van der Waals surface area contributed by atoms with Crippen LogP contribution in [0, 0.1) is 5.92 Å². The van der Waals surface area contributed by atoms with Crippen LogP contribution in [-0.4, -0.2) is 87.8 Å². The fraction of sp³-hybridized carbons (Fsp3) is 0.417. The number of urea groups is 1. The number of halogens is 2. The number of amides is 2. The highest BCUT2D eigenvalue weighted by atomic mass is 35.5. The van der Waals surface area contributed by atoms with Crippen molar-refractivity contribution in [3.05, 3.63) is 160 Å². The Morgan fingerprint density at radius 3 is 1.59 bits per heavy atom. The topological polar surface area (TPSA) is 169 Å². The summed E-state index contributed by atoms with van der Waals surface area (Å²) in [4.78, 5) is 21.8. The Morgan fingerprint density at radius 2 is 1.09 bits per heavy atom. The molecule has 4 aliphatic rings. The summed E-state index contributed by atoms with van der Waals surface area (Å²) in [5, 5.41) is 6.50. The zero-order valence-corrected chi connectivity index (χ0v) is 47.4. The highest BCUT2D eigenvalue weighted by Gasteiger charge is 2.49. The van der Waals surface area contributed by atoms with Gasteiger partial charge in [-0.1, -0.05) is 65.7 Å². The number of carbonyl (C=O) groups excluding carboxylic acids is 1. The Bertz CT molecular complexity index is 3130. The third-order valence-electron chi connectivity index (χ3n) is 15.4. The molecule has 2 aromatic heterocycles. The molecule has 2 N–H and O–H groups in total. The predicted molar refractivity (Wildman–Crippen MR) is 303 cm³/mol. The van der Waals surface area contributed by atoms with Crippen LogP contribution in [0.4, 0.5) is 4.79 Å². The summed E-state index contributed by atoms with van der Waals surface area (Å²) in [5.41, 5.74) is 7.69. The van der Waals surface area contributed by atoms with Gasteiger partial charge in [0.2, 0.25) is 20.0 Å². The molecule has 2 heterocycles. The quantitative estimate of drug-likeness (QED) is 0.0451. The minimum absolute atomic E-state index is 0.113. The molecule has 4 aromatic carbocycles. The van der Waals surface area contributed by atoms with Crippen molar-refractivity contribution in [3.63, 3.8) is 0 Å². The number of rotatable bonds is 28. The first kappa shape index (κ1) is 55.9. The summed E-state index contributed by atoms with van der Waals surface area (Å²) in [6, 6.07) is 29.7. The standard InChI is InChI=1S/C60H68Cl2N6O8S2/c1-67(77(70,71)47-19-21-55(61)44(36-47)40-74-59(25-26-59)53-38-63-31-23-50(53)49-12-4-3-11-43(49)35-42-15-16-42)33-9-7-29-65-58(69)66-30-8-10-34-68(2)78(72,73)48-20-22-56(62)45(37-48)41-75-60(27-28-60)54-39-64-32-24-51(54)52-13-5-6-14-57(52)76-46-17-18-46/h3-6,11-14,19-24,31-32,36-39,42,46H,7-10,15-18,25-30,33-35,40-41H2,1-2H3,(H2,65,66,69). The van der Waals surface area contributed by atoms with E-state index in [-0.39, 0.29) is 48.2 Å². The first-order valence-corrected chi connectivity index (χ1v) is 30.8. The van der Waals surface area contributed by atoms with Gasteiger partial charge in [-0.05, 0) is 177 Å². The average Bonchev–Trinajstić information content (AvgIpc) is 4.20. The van der Waals surface area contributed by atoms with E-state index < -0.39 is 31.2 Å². The number of hydrogen-bond acceptors (Lipinski definition) is 10. The van der Waals surface area contributed by atoms with E-state index in [1.165, 1.54) is 44.7 Å². The molecule has 78 heavy (non-hydrogen) atoms. The van der Waals surface area contributed by atoms with Gasteiger partial charge in [-0.25, -0.2) is 30.2 Å². The highest BCUT2D eigenvalue weighted by molar-refractivity contribution is 7.89. The zero-order chi connectivity index (χ0) is 54.5. The van der Waals surface area contributed by atoms with E-state index in [1.807, 2.05) is 42.9 Å². The zero-order valence-electron chi connectivity index (χ0n) is 44.3. The molecule has 4 aliphatic carbocycles. The molecule has 0 radical (unpaired) electrons. The van der Waals surface area contributed by atoms with Gasteiger partial charge in [0, 0.05) is 91.8 Å². The number of nitrogens with one attached hydrogen (secondary N) is 2. The molecule has 2 amide bonds. The van der Waals surface area contributed by atoms with E-state index >= 15 is 0 Å². The van der Waals surface area contributed by atoms with Crippen LogP contribution in [0.1, 0.15) is 105 Å². The van der Waals surface area contributed by atoms with Gasteiger partial charge in [-0.2, -0.15) is 0 Å². The number of pyridine rings is 2. The number of nitrogens with zero attached hydrogens (tertiary/aromatic N) is 4. The van der Waals surface area contributed by atoms with E-state index in [2.05, 4.69) is 57.0 Å². The van der Waals surface area contributed by atoms with Gasteiger partial charge in [-0.15, -0.1) is 0 Å². The van der Waals surface area contributed by atoms with Gasteiger partial charge >= 0.3 is 6.03 Å². The lowest BCUT2D eigenvalue weighted by Gasteiger charge is -2.22. The monoisotopic (exact) mass is 1130 g/mol. The van der Waals surface area contributed by atoms with Crippen LogP contribution in [-0.2, 0) is 60.4 Å². The maximum absolute atomic E-state index is 13.8. The van der Waals surface area contributed by atoms with E-state index in [9.17, 15) is 21.6 Å². The van der Waals surface area contributed by atoms with Crippen LogP contribution < -0.4 is 15.4 Å². The lowest BCUT2D eigenvalue weighted by atomic mass is 9.91. The number of aromatic nitrogens is 2. The number of carbonyl (C=O) groups is 1. The summed E-state index contributed by atoms with van der Waals surface area (Å²) in [7, 11) is -4.62. The Labute approximate surface area is 469 Å². The van der Waals surface area contributed by atoms with Crippen molar-refractivity contribution < 1.29 is 35.8 Å². The number of para-hydroxylation sites is 1. The highest BCUT2D eigenvalue weighted by Crippen LogP contribution is 2.55. The molecular weight excluding hydrogens is 1070 g/mol. The Morgan fingerprint density at radius 1 is 0.603 bits per heavy atom. The van der Waals surface area contributed by atoms with Crippen LogP contribution in [0.15, 0.2) is 132 Å². The van der Waals surface area contributed by atoms with Crippen molar-refractivity contribution in [1.82, 2.24) is 29.2 Å². The van der Waals surface area contributed by atoms with Crippen molar-refractivity contribution in [2.24, 2.45) is 5.92 Å². The van der Waals surface area contributed by atoms with E-state index in [0.717, 1.165) is 84.4 Å². The predicted octanol–water partition coefficient (Wildman–Crippen LogP) is 11.8. The third-order valence-corrected chi connectivity index (χ3v) is 19.8. The number of hydrogen-bond donors (Lipinski definition) is 2. The average molecular weight is 1140 g/mol. The number of ether oxygens (including phenoxy) is 3. The maximum Gasteiger partial charge on any atom is 0.314 e. The molecule has 4 fully saturated rings. The minimum atomic E-state index is -3.86. The van der Waals surface area contributed by atoms with Crippen molar-refractivity contribution in [3.8, 4) is 28.0 Å². The summed E-state index contributed by atoms with van der Waals surface area (Å²) < 4.78 is 77.1. The number of unbranched alkanes of at least 4 members (excludes halogenated alkanes) is 2. The normalized spacial score (nSPS) is 16.5. The molecule has 0 saturated heterocycles. The Hall–Kier alpha value is -5.43. The molecule has 6 aromatic rings. The van der Waals surface area contributed by atoms with Crippen molar-refractivity contribution >= 4 is 49.3 Å². The third kappa shape index (κ3) is 13.2.